The average Bonchev–Trinajstić information content (AvgIpc) is 3.98. The molecule has 0 unspecified atom stereocenters. The maximum Gasteiger partial charge on any atom is 0.137 e. The standard InChI is InChI=1S/C54H34N2O2S/c1-3-13-37(14-4-1)55(38-15-5-2-6-16-38)39-17-11-18-40(33-39)56(41-27-30-53-45(34-41)43-20-8-10-24-52(43)59-53)47-21-12-23-51-54(47)46-32-36(26-29-50(46)58-51)35-25-28-49-44(31-35)42-19-7-9-22-48(42)57-49/h1-34H. The summed E-state index contributed by atoms with van der Waals surface area (Å²) in [7, 11) is 0. The van der Waals surface area contributed by atoms with Crippen LogP contribution in [0.5, 0.6) is 0 Å². The molecule has 0 saturated heterocycles. The molecule has 0 radical (unpaired) electrons. The van der Waals surface area contributed by atoms with Gasteiger partial charge in [-0.2, -0.15) is 0 Å². The highest BCUT2D eigenvalue weighted by atomic mass is 32.1. The van der Waals surface area contributed by atoms with E-state index in [0.717, 1.165) is 89.1 Å². The van der Waals surface area contributed by atoms with E-state index in [0.29, 0.717) is 0 Å². The maximum atomic E-state index is 6.67. The maximum absolute atomic E-state index is 6.67. The van der Waals surface area contributed by atoms with Crippen molar-refractivity contribution in [3.63, 3.8) is 0 Å². The molecule has 59 heavy (non-hydrogen) atoms. The molecule has 0 spiro atoms. The second-order valence-electron chi connectivity index (χ2n) is 14.9. The summed E-state index contributed by atoms with van der Waals surface area (Å²) < 4.78 is 15.4. The van der Waals surface area contributed by atoms with E-state index in [-0.39, 0.29) is 0 Å². The van der Waals surface area contributed by atoms with E-state index >= 15 is 0 Å². The molecule has 0 aliphatic heterocycles. The van der Waals surface area contributed by atoms with Gasteiger partial charge in [0, 0.05) is 64.8 Å². The Labute approximate surface area is 344 Å². The first-order valence-electron chi connectivity index (χ1n) is 19.8. The van der Waals surface area contributed by atoms with Crippen LogP contribution in [0.15, 0.2) is 215 Å². The third-order valence-corrected chi connectivity index (χ3v) is 12.6. The molecule has 0 atom stereocenters. The molecule has 3 aromatic heterocycles. The van der Waals surface area contributed by atoms with Crippen LogP contribution >= 0.6 is 11.3 Å². The van der Waals surface area contributed by atoms with Gasteiger partial charge in [-0.3, -0.25) is 0 Å². The summed E-state index contributed by atoms with van der Waals surface area (Å²) in [5.41, 5.74) is 12.1. The lowest BCUT2D eigenvalue weighted by molar-refractivity contribution is 0.668. The first-order valence-corrected chi connectivity index (χ1v) is 20.6. The van der Waals surface area contributed by atoms with Crippen LogP contribution in [0.4, 0.5) is 34.1 Å². The van der Waals surface area contributed by atoms with Gasteiger partial charge in [0.2, 0.25) is 0 Å². The van der Waals surface area contributed by atoms with Gasteiger partial charge in [-0.1, -0.05) is 97.1 Å². The Bertz CT molecular complexity index is 3490. The van der Waals surface area contributed by atoms with E-state index in [2.05, 4.69) is 204 Å². The zero-order valence-corrected chi connectivity index (χ0v) is 32.6. The fraction of sp³-hybridized carbons (Fsp3) is 0. The van der Waals surface area contributed by atoms with E-state index in [1.807, 2.05) is 23.5 Å². The molecule has 278 valence electrons. The van der Waals surface area contributed by atoms with Gasteiger partial charge < -0.3 is 18.6 Å². The topological polar surface area (TPSA) is 32.8 Å². The van der Waals surface area contributed by atoms with Crippen LogP contribution in [0.2, 0.25) is 0 Å². The van der Waals surface area contributed by atoms with Crippen molar-refractivity contribution in [1.29, 1.82) is 0 Å². The van der Waals surface area contributed by atoms with E-state index < -0.39 is 0 Å². The van der Waals surface area contributed by atoms with Crippen molar-refractivity contribution >= 4 is 110 Å². The van der Waals surface area contributed by atoms with Gasteiger partial charge in [-0.05, 0) is 120 Å². The first-order chi connectivity index (χ1) is 29.2. The van der Waals surface area contributed by atoms with Crippen LogP contribution in [-0.4, -0.2) is 0 Å². The number of furan rings is 2. The SMILES string of the molecule is c1ccc(N(c2ccccc2)c2cccc(N(c3ccc4sc5ccccc5c4c3)c3cccc4oc5ccc(-c6ccc7oc8ccccc8c7c6)cc5c34)c2)cc1. The molecule has 12 rings (SSSR count). The van der Waals surface area contributed by atoms with Crippen molar-refractivity contribution in [1.82, 2.24) is 0 Å². The highest BCUT2D eigenvalue weighted by Crippen LogP contribution is 2.47. The van der Waals surface area contributed by atoms with Crippen molar-refractivity contribution in [2.24, 2.45) is 0 Å². The van der Waals surface area contributed by atoms with Gasteiger partial charge in [-0.15, -0.1) is 11.3 Å². The van der Waals surface area contributed by atoms with E-state index in [4.69, 9.17) is 8.83 Å². The van der Waals surface area contributed by atoms with Crippen LogP contribution in [0.1, 0.15) is 0 Å². The lowest BCUT2D eigenvalue weighted by Gasteiger charge is -2.29. The number of thiophene rings is 1. The fourth-order valence-corrected chi connectivity index (χ4v) is 9.82. The number of nitrogens with zero attached hydrogens (tertiary/aromatic N) is 2. The Morgan fingerprint density at radius 2 is 0.847 bits per heavy atom. The molecule has 5 heteroatoms. The van der Waals surface area contributed by atoms with Gasteiger partial charge in [0.05, 0.1) is 11.1 Å². The monoisotopic (exact) mass is 774 g/mol. The fourth-order valence-electron chi connectivity index (χ4n) is 8.73. The van der Waals surface area contributed by atoms with Crippen molar-refractivity contribution in [2.45, 2.75) is 0 Å². The summed E-state index contributed by atoms with van der Waals surface area (Å²) in [6.45, 7) is 0. The van der Waals surface area contributed by atoms with Crippen LogP contribution in [-0.2, 0) is 0 Å². The molecule has 0 N–H and O–H groups in total. The highest BCUT2D eigenvalue weighted by Gasteiger charge is 2.22. The third-order valence-electron chi connectivity index (χ3n) is 11.4. The molecule has 3 heterocycles. The zero-order valence-electron chi connectivity index (χ0n) is 31.7. The zero-order chi connectivity index (χ0) is 38.9. The summed E-state index contributed by atoms with van der Waals surface area (Å²) in [6, 6.07) is 73.3. The molecule has 0 bridgehead atoms. The van der Waals surface area contributed by atoms with E-state index in [1.165, 1.54) is 20.2 Å². The minimum Gasteiger partial charge on any atom is -0.456 e. The largest absolute Gasteiger partial charge is 0.456 e. The van der Waals surface area contributed by atoms with Crippen molar-refractivity contribution in [3.8, 4) is 11.1 Å². The number of benzene rings is 9. The van der Waals surface area contributed by atoms with Crippen molar-refractivity contribution < 1.29 is 8.83 Å². The lowest BCUT2D eigenvalue weighted by Crippen LogP contribution is -2.13. The summed E-state index contributed by atoms with van der Waals surface area (Å²) in [6.07, 6.45) is 0. The van der Waals surface area contributed by atoms with E-state index in [1.54, 1.807) is 0 Å². The Balaban J connectivity index is 1.08. The predicted molar refractivity (Wildman–Crippen MR) is 249 cm³/mol. The second-order valence-corrected chi connectivity index (χ2v) is 16.0. The molecule has 0 fully saturated rings. The van der Waals surface area contributed by atoms with Gasteiger partial charge in [0.1, 0.15) is 22.3 Å². The summed E-state index contributed by atoms with van der Waals surface area (Å²) in [4.78, 5) is 4.72. The molecular formula is C54H34N2O2S. The summed E-state index contributed by atoms with van der Waals surface area (Å²) in [5, 5.41) is 6.85. The number of hydrogen-bond acceptors (Lipinski definition) is 5. The second kappa shape index (κ2) is 13.5. The third kappa shape index (κ3) is 5.58. The number of rotatable bonds is 7. The minimum absolute atomic E-state index is 0.837. The number of fused-ring (bicyclic) bond motifs is 9. The summed E-state index contributed by atoms with van der Waals surface area (Å²) in [5.74, 6) is 0. The highest BCUT2D eigenvalue weighted by molar-refractivity contribution is 7.25. The van der Waals surface area contributed by atoms with Crippen LogP contribution in [0.25, 0.3) is 75.2 Å². The molecule has 9 aromatic carbocycles. The first kappa shape index (κ1) is 33.5. The van der Waals surface area contributed by atoms with Crippen molar-refractivity contribution in [2.75, 3.05) is 9.80 Å². The number of hydrogen-bond donors (Lipinski definition) is 0. The molecule has 12 aromatic rings. The Kier molecular flexibility index (Phi) is 7.68. The van der Waals surface area contributed by atoms with Crippen molar-refractivity contribution in [3.05, 3.63) is 206 Å². The van der Waals surface area contributed by atoms with E-state index in [9.17, 15) is 0 Å². The normalized spacial score (nSPS) is 11.7. The molecule has 0 aliphatic rings. The van der Waals surface area contributed by atoms with Gasteiger partial charge in [-0.25, -0.2) is 0 Å². The molecule has 0 saturated carbocycles. The predicted octanol–water partition coefficient (Wildman–Crippen LogP) is 16.5. The lowest BCUT2D eigenvalue weighted by atomic mass is 10.00. The van der Waals surface area contributed by atoms with Crippen LogP contribution < -0.4 is 9.80 Å². The minimum atomic E-state index is 0.837. The molecule has 0 amide bonds. The number of anilines is 6. The Hall–Kier alpha value is -7.60. The molecule has 4 nitrogen and oxygen atoms in total. The quantitative estimate of drug-likeness (QED) is 0.161. The van der Waals surface area contributed by atoms with Gasteiger partial charge in [0.25, 0.3) is 0 Å². The molecule has 0 aliphatic carbocycles. The van der Waals surface area contributed by atoms with Crippen LogP contribution in [0, 0.1) is 0 Å². The summed E-state index contributed by atoms with van der Waals surface area (Å²) >= 11 is 1.84. The number of para-hydroxylation sites is 3. The van der Waals surface area contributed by atoms with Gasteiger partial charge >= 0.3 is 0 Å². The molecular weight excluding hydrogens is 741 g/mol. The smallest absolute Gasteiger partial charge is 0.137 e. The Morgan fingerprint density at radius 3 is 1.63 bits per heavy atom. The Morgan fingerprint density at radius 1 is 0.305 bits per heavy atom. The van der Waals surface area contributed by atoms with Gasteiger partial charge in [0.15, 0.2) is 0 Å². The van der Waals surface area contributed by atoms with Crippen LogP contribution in [0.3, 0.4) is 0 Å². The average molecular weight is 775 g/mol.